The van der Waals surface area contributed by atoms with Crippen LogP contribution in [0.1, 0.15) is 21.8 Å². The maximum absolute atomic E-state index is 12.1. The van der Waals surface area contributed by atoms with Crippen LogP contribution < -0.4 is 5.32 Å². The first-order valence-corrected chi connectivity index (χ1v) is 7.99. The maximum atomic E-state index is 12.1. The Morgan fingerprint density at radius 1 is 1.43 bits per heavy atom. The van der Waals surface area contributed by atoms with Gasteiger partial charge in [-0.15, -0.1) is 11.3 Å². The summed E-state index contributed by atoms with van der Waals surface area (Å²) in [7, 11) is 2.12. The number of hydrogen-bond acceptors (Lipinski definition) is 4. The average molecular weight is 301 g/mol. The van der Waals surface area contributed by atoms with Crippen LogP contribution in [-0.4, -0.2) is 29.4 Å². The van der Waals surface area contributed by atoms with Gasteiger partial charge in [-0.25, -0.2) is 4.98 Å². The summed E-state index contributed by atoms with van der Waals surface area (Å²) in [5.41, 5.74) is 4.42. The number of benzene rings is 1. The van der Waals surface area contributed by atoms with E-state index in [1.165, 1.54) is 11.1 Å². The number of thiazole rings is 1. The number of anilines is 1. The number of carbonyl (C=O) groups excluding carboxylic acids is 1. The van der Waals surface area contributed by atoms with Gasteiger partial charge in [0.1, 0.15) is 0 Å². The highest BCUT2D eigenvalue weighted by atomic mass is 32.1. The summed E-state index contributed by atoms with van der Waals surface area (Å²) in [6, 6.07) is 6.22. The molecule has 0 aliphatic carbocycles. The fourth-order valence-electron chi connectivity index (χ4n) is 2.64. The fourth-order valence-corrected chi connectivity index (χ4v) is 3.25. The third kappa shape index (κ3) is 3.49. The zero-order chi connectivity index (χ0) is 14.8. The Balaban J connectivity index is 1.67. The highest BCUT2D eigenvalue weighted by Crippen LogP contribution is 2.22. The van der Waals surface area contributed by atoms with E-state index in [-0.39, 0.29) is 5.91 Å². The van der Waals surface area contributed by atoms with Gasteiger partial charge in [-0.2, -0.15) is 0 Å². The number of nitrogens with one attached hydrogen (secondary N) is 1. The second-order valence-corrected chi connectivity index (χ2v) is 6.62. The van der Waals surface area contributed by atoms with Crippen LogP contribution >= 0.6 is 11.3 Å². The number of rotatable bonds is 3. The van der Waals surface area contributed by atoms with Gasteiger partial charge >= 0.3 is 0 Å². The summed E-state index contributed by atoms with van der Waals surface area (Å²) in [6.07, 6.45) is 1.42. The number of likely N-dealkylation sites (N-methyl/N-ethyl adjacent to an activating group) is 1. The second-order valence-electron chi connectivity index (χ2n) is 5.55. The molecule has 1 aliphatic heterocycles. The van der Waals surface area contributed by atoms with Crippen molar-refractivity contribution in [1.82, 2.24) is 9.88 Å². The van der Waals surface area contributed by atoms with E-state index < -0.39 is 0 Å². The molecule has 21 heavy (non-hydrogen) atoms. The molecule has 1 aliphatic rings. The van der Waals surface area contributed by atoms with Crippen molar-refractivity contribution in [1.29, 1.82) is 0 Å². The molecule has 110 valence electrons. The van der Waals surface area contributed by atoms with Crippen molar-refractivity contribution < 1.29 is 4.79 Å². The third-order valence-corrected chi connectivity index (χ3v) is 4.52. The monoisotopic (exact) mass is 301 g/mol. The lowest BCUT2D eigenvalue weighted by Crippen LogP contribution is -2.26. The quantitative estimate of drug-likeness (QED) is 0.948. The van der Waals surface area contributed by atoms with E-state index in [1.807, 2.05) is 18.4 Å². The molecule has 0 radical (unpaired) electrons. The molecule has 0 atom stereocenters. The predicted octanol–water partition coefficient (Wildman–Crippen LogP) is 2.62. The summed E-state index contributed by atoms with van der Waals surface area (Å²) in [5, 5.41) is 5.91. The number of nitrogens with zero attached hydrogens (tertiary/aromatic N) is 2. The smallest absolute Gasteiger partial charge is 0.230 e. The highest BCUT2D eigenvalue weighted by molar-refractivity contribution is 7.09. The summed E-state index contributed by atoms with van der Waals surface area (Å²) < 4.78 is 0. The van der Waals surface area contributed by atoms with Gasteiger partial charge in [0.05, 0.1) is 17.1 Å². The Morgan fingerprint density at radius 2 is 2.29 bits per heavy atom. The number of amides is 1. The topological polar surface area (TPSA) is 45.2 Å². The van der Waals surface area contributed by atoms with Crippen molar-refractivity contribution >= 4 is 22.9 Å². The highest BCUT2D eigenvalue weighted by Gasteiger charge is 2.14. The normalized spacial score (nSPS) is 14.8. The Kier molecular flexibility index (Phi) is 4.03. The Labute approximate surface area is 128 Å². The molecule has 1 amide bonds. The predicted molar refractivity (Wildman–Crippen MR) is 85.7 cm³/mol. The molecule has 1 aromatic carbocycles. The molecule has 2 aromatic rings. The van der Waals surface area contributed by atoms with Crippen LogP contribution in [0.3, 0.4) is 0 Å². The molecule has 3 rings (SSSR count). The fraction of sp³-hybridized carbons (Fsp3) is 0.375. The van der Waals surface area contributed by atoms with Gasteiger partial charge in [-0.05, 0) is 43.7 Å². The molecule has 0 saturated carbocycles. The van der Waals surface area contributed by atoms with Crippen LogP contribution in [0.15, 0.2) is 23.6 Å². The lowest BCUT2D eigenvalue weighted by molar-refractivity contribution is -0.115. The first-order valence-electron chi connectivity index (χ1n) is 7.11. The molecule has 0 bridgehead atoms. The summed E-state index contributed by atoms with van der Waals surface area (Å²) in [4.78, 5) is 18.7. The van der Waals surface area contributed by atoms with E-state index in [2.05, 4.69) is 34.4 Å². The van der Waals surface area contributed by atoms with Crippen LogP contribution in [0.5, 0.6) is 0 Å². The minimum atomic E-state index is -0.00980. The van der Waals surface area contributed by atoms with Crippen molar-refractivity contribution in [3.8, 4) is 0 Å². The zero-order valence-electron chi connectivity index (χ0n) is 12.3. The summed E-state index contributed by atoms with van der Waals surface area (Å²) >= 11 is 1.57. The third-order valence-electron chi connectivity index (χ3n) is 3.70. The minimum Gasteiger partial charge on any atom is -0.326 e. The van der Waals surface area contributed by atoms with Crippen molar-refractivity contribution in [2.45, 2.75) is 26.3 Å². The number of carbonyl (C=O) groups is 1. The van der Waals surface area contributed by atoms with Gasteiger partial charge in [-0.3, -0.25) is 4.79 Å². The molecule has 4 nitrogen and oxygen atoms in total. The first kappa shape index (κ1) is 14.2. The van der Waals surface area contributed by atoms with E-state index >= 15 is 0 Å². The maximum Gasteiger partial charge on any atom is 0.230 e. The van der Waals surface area contributed by atoms with Gasteiger partial charge in [0.15, 0.2) is 0 Å². The molecule has 0 spiro atoms. The van der Waals surface area contributed by atoms with Gasteiger partial charge in [-0.1, -0.05) is 6.07 Å². The van der Waals surface area contributed by atoms with E-state index in [0.717, 1.165) is 35.9 Å². The molecule has 1 aromatic heterocycles. The van der Waals surface area contributed by atoms with Crippen LogP contribution in [0.4, 0.5) is 5.69 Å². The number of aryl methyl sites for hydroxylation is 1. The van der Waals surface area contributed by atoms with Gasteiger partial charge < -0.3 is 10.2 Å². The Bertz CT molecular complexity index is 665. The largest absolute Gasteiger partial charge is 0.326 e. The number of aromatic nitrogens is 1. The molecule has 5 heteroatoms. The van der Waals surface area contributed by atoms with Crippen molar-refractivity contribution in [3.05, 3.63) is 45.4 Å². The number of hydrogen-bond donors (Lipinski definition) is 1. The Hall–Kier alpha value is -1.72. The molecular weight excluding hydrogens is 282 g/mol. The number of fused-ring (bicyclic) bond motifs is 1. The Morgan fingerprint density at radius 3 is 3.05 bits per heavy atom. The zero-order valence-corrected chi connectivity index (χ0v) is 13.2. The molecule has 2 heterocycles. The van der Waals surface area contributed by atoms with Crippen molar-refractivity contribution in [3.63, 3.8) is 0 Å². The van der Waals surface area contributed by atoms with Crippen LogP contribution in [0.2, 0.25) is 0 Å². The van der Waals surface area contributed by atoms with Gasteiger partial charge in [0.2, 0.25) is 5.91 Å². The second kappa shape index (κ2) is 5.95. The average Bonchev–Trinajstić information content (AvgIpc) is 2.83. The summed E-state index contributed by atoms with van der Waals surface area (Å²) in [5.74, 6) is -0.00980. The van der Waals surface area contributed by atoms with Gasteiger partial charge in [0, 0.05) is 24.2 Å². The van der Waals surface area contributed by atoms with Crippen molar-refractivity contribution in [2.24, 2.45) is 0 Å². The standard InChI is InChI=1S/C16H19N3OS/c1-11-17-15(10-21-11)8-16(20)18-14-4-3-12-5-6-19(2)9-13(12)7-14/h3-4,7,10H,5-6,8-9H2,1-2H3,(H,18,20). The lowest BCUT2D eigenvalue weighted by Gasteiger charge is -2.25. The molecule has 0 unspecified atom stereocenters. The SMILES string of the molecule is Cc1nc(CC(=O)Nc2ccc3c(c2)CN(C)CC3)cs1. The molecule has 0 fully saturated rings. The molecule has 1 N–H and O–H groups in total. The van der Waals surface area contributed by atoms with Crippen molar-refractivity contribution in [2.75, 3.05) is 18.9 Å². The van der Waals surface area contributed by atoms with Crippen LogP contribution in [0, 0.1) is 6.92 Å². The molecular formula is C16H19N3OS. The van der Waals surface area contributed by atoms with Gasteiger partial charge in [0.25, 0.3) is 0 Å². The van der Waals surface area contributed by atoms with E-state index in [1.54, 1.807) is 11.3 Å². The molecule has 0 saturated heterocycles. The van der Waals surface area contributed by atoms with E-state index in [9.17, 15) is 4.79 Å². The summed E-state index contributed by atoms with van der Waals surface area (Å²) in [6.45, 7) is 4.00. The van der Waals surface area contributed by atoms with E-state index in [4.69, 9.17) is 0 Å². The minimum absolute atomic E-state index is 0.00980. The van der Waals surface area contributed by atoms with Crippen LogP contribution in [0.25, 0.3) is 0 Å². The lowest BCUT2D eigenvalue weighted by atomic mass is 9.99. The first-order chi connectivity index (χ1) is 10.1. The van der Waals surface area contributed by atoms with Crippen LogP contribution in [-0.2, 0) is 24.2 Å². The van der Waals surface area contributed by atoms with E-state index in [0.29, 0.717) is 6.42 Å².